The summed E-state index contributed by atoms with van der Waals surface area (Å²) in [6.07, 6.45) is 7.21. The fourth-order valence-electron chi connectivity index (χ4n) is 4.20. The van der Waals surface area contributed by atoms with Gasteiger partial charge in [0.25, 0.3) is 0 Å². The van der Waals surface area contributed by atoms with Gasteiger partial charge < -0.3 is 9.88 Å². The van der Waals surface area contributed by atoms with Gasteiger partial charge in [-0.15, -0.1) is 0 Å². The Labute approximate surface area is 164 Å². The summed E-state index contributed by atoms with van der Waals surface area (Å²) in [5.74, 6) is 1.40. The third-order valence-electron chi connectivity index (χ3n) is 5.65. The Hall–Kier alpha value is -2.42. The molecule has 0 aliphatic heterocycles. The number of aromatic nitrogens is 5. The van der Waals surface area contributed by atoms with Crippen molar-refractivity contribution in [1.82, 2.24) is 25.1 Å². The van der Waals surface area contributed by atoms with Gasteiger partial charge in [0.1, 0.15) is 17.8 Å². The molecule has 8 nitrogen and oxygen atoms in total. The van der Waals surface area contributed by atoms with Gasteiger partial charge in [-0.25, -0.2) is 18.4 Å². The smallest absolute Gasteiger partial charge is 0.156 e. The first-order valence-corrected chi connectivity index (χ1v) is 11.5. The molecule has 3 aromatic heterocycles. The topological polar surface area (TPSA) is 108 Å². The van der Waals surface area contributed by atoms with Gasteiger partial charge in [-0.1, -0.05) is 0 Å². The lowest BCUT2D eigenvalue weighted by Gasteiger charge is -2.35. The van der Waals surface area contributed by atoms with Crippen LogP contribution in [0.3, 0.4) is 0 Å². The first kappa shape index (κ1) is 18.9. The quantitative estimate of drug-likeness (QED) is 0.656. The number of anilines is 1. The number of hydrogen-bond donors (Lipinski definition) is 2. The molecule has 1 aliphatic rings. The van der Waals surface area contributed by atoms with E-state index in [9.17, 15) is 8.42 Å². The van der Waals surface area contributed by atoms with E-state index in [4.69, 9.17) is 0 Å². The molecule has 0 radical (unpaired) electrons. The monoisotopic (exact) mass is 402 g/mol. The number of nitrogens with one attached hydrogen (secondary N) is 2. The van der Waals surface area contributed by atoms with Crippen LogP contribution >= 0.6 is 0 Å². The van der Waals surface area contributed by atoms with Crippen LogP contribution in [0.4, 0.5) is 5.82 Å². The lowest BCUT2D eigenvalue weighted by Crippen LogP contribution is -2.37. The van der Waals surface area contributed by atoms with Crippen molar-refractivity contribution in [3.8, 4) is 0 Å². The Morgan fingerprint density at radius 2 is 2.00 bits per heavy atom. The lowest BCUT2D eigenvalue weighted by atomic mass is 9.86. The Kier molecular flexibility index (Phi) is 5.09. The van der Waals surface area contributed by atoms with Gasteiger partial charge in [0.2, 0.25) is 0 Å². The molecule has 28 heavy (non-hydrogen) atoms. The molecule has 150 valence electrons. The van der Waals surface area contributed by atoms with E-state index in [0.717, 1.165) is 48.2 Å². The van der Waals surface area contributed by atoms with Crippen LogP contribution in [0, 0.1) is 12.8 Å². The SMILES string of the molecule is Cc1cc(CS(=O)(=O)CC2CCC(N(C)c3ncnc4[nH]ccc34)CC2)n[nH]1. The summed E-state index contributed by atoms with van der Waals surface area (Å²) < 4.78 is 25.1. The molecular weight excluding hydrogens is 376 g/mol. The van der Waals surface area contributed by atoms with Crippen molar-refractivity contribution in [2.45, 2.75) is 44.4 Å². The van der Waals surface area contributed by atoms with Gasteiger partial charge in [-0.3, -0.25) is 5.10 Å². The van der Waals surface area contributed by atoms with Crippen LogP contribution in [0.2, 0.25) is 0 Å². The predicted octanol–water partition coefficient (Wildman–Crippen LogP) is 2.60. The fraction of sp³-hybridized carbons (Fsp3) is 0.526. The first-order valence-electron chi connectivity index (χ1n) is 9.63. The van der Waals surface area contributed by atoms with Crippen molar-refractivity contribution in [3.05, 3.63) is 36.0 Å². The van der Waals surface area contributed by atoms with Gasteiger partial charge in [0.05, 0.1) is 22.6 Å². The minimum absolute atomic E-state index is 0.0174. The molecule has 3 aromatic rings. The maximum absolute atomic E-state index is 12.5. The van der Waals surface area contributed by atoms with E-state index in [1.807, 2.05) is 19.2 Å². The predicted molar refractivity (Wildman–Crippen MR) is 109 cm³/mol. The number of aryl methyl sites for hydroxylation is 1. The summed E-state index contributed by atoms with van der Waals surface area (Å²) in [5.41, 5.74) is 2.32. The second-order valence-corrected chi connectivity index (χ2v) is 9.93. The van der Waals surface area contributed by atoms with E-state index in [0.29, 0.717) is 11.7 Å². The third kappa shape index (κ3) is 4.04. The molecule has 1 saturated carbocycles. The molecule has 0 saturated heterocycles. The summed E-state index contributed by atoms with van der Waals surface area (Å²) >= 11 is 0. The van der Waals surface area contributed by atoms with Crippen LogP contribution in [0.15, 0.2) is 24.7 Å². The largest absolute Gasteiger partial charge is 0.356 e. The molecule has 0 bridgehead atoms. The average Bonchev–Trinajstić information content (AvgIpc) is 3.29. The van der Waals surface area contributed by atoms with Gasteiger partial charge in [-0.2, -0.15) is 5.10 Å². The zero-order chi connectivity index (χ0) is 19.7. The highest BCUT2D eigenvalue weighted by Gasteiger charge is 2.29. The number of fused-ring (bicyclic) bond motifs is 1. The van der Waals surface area contributed by atoms with Crippen LogP contribution in [0.5, 0.6) is 0 Å². The minimum Gasteiger partial charge on any atom is -0.356 e. The maximum atomic E-state index is 12.5. The molecular formula is C19H26N6O2S. The van der Waals surface area contributed by atoms with Gasteiger partial charge >= 0.3 is 0 Å². The lowest BCUT2D eigenvalue weighted by molar-refractivity contribution is 0.340. The summed E-state index contributed by atoms with van der Waals surface area (Å²) in [7, 11) is -1.09. The molecule has 0 aromatic carbocycles. The maximum Gasteiger partial charge on any atom is 0.156 e. The zero-order valence-electron chi connectivity index (χ0n) is 16.2. The molecule has 9 heteroatoms. The Balaban J connectivity index is 1.36. The molecule has 3 heterocycles. The van der Waals surface area contributed by atoms with Crippen molar-refractivity contribution >= 4 is 26.7 Å². The minimum atomic E-state index is -3.15. The van der Waals surface area contributed by atoms with Gasteiger partial charge in [0, 0.05) is 25.0 Å². The van der Waals surface area contributed by atoms with Gasteiger partial charge in [0.15, 0.2) is 9.84 Å². The number of nitrogens with zero attached hydrogens (tertiary/aromatic N) is 4. The summed E-state index contributed by atoms with van der Waals surface area (Å²) in [6.45, 7) is 1.87. The number of H-pyrrole nitrogens is 2. The standard InChI is InChI=1S/C19H26N6O2S/c1-13-9-15(24-23-13)11-28(26,27)10-14-3-5-16(6-4-14)25(2)19-17-7-8-20-18(17)21-12-22-19/h7-9,12,14,16H,3-6,10-11H2,1-2H3,(H,23,24)(H,20,21,22). The zero-order valence-corrected chi connectivity index (χ0v) is 17.0. The molecule has 0 atom stereocenters. The van der Waals surface area contributed by atoms with E-state index in [-0.39, 0.29) is 17.4 Å². The Bertz CT molecular complexity index is 1050. The normalized spacial score (nSPS) is 20.5. The summed E-state index contributed by atoms with van der Waals surface area (Å²) in [6, 6.07) is 4.16. The van der Waals surface area contributed by atoms with E-state index >= 15 is 0 Å². The van der Waals surface area contributed by atoms with Crippen molar-refractivity contribution in [1.29, 1.82) is 0 Å². The Morgan fingerprint density at radius 1 is 1.21 bits per heavy atom. The van der Waals surface area contributed by atoms with Crippen molar-refractivity contribution < 1.29 is 8.42 Å². The summed E-state index contributed by atoms with van der Waals surface area (Å²) in [5, 5.41) is 7.88. The van der Waals surface area contributed by atoms with E-state index in [2.05, 4.69) is 37.1 Å². The van der Waals surface area contributed by atoms with Crippen LogP contribution < -0.4 is 4.90 Å². The van der Waals surface area contributed by atoms with Crippen LogP contribution in [-0.2, 0) is 15.6 Å². The molecule has 2 N–H and O–H groups in total. The number of aromatic amines is 2. The highest BCUT2D eigenvalue weighted by Crippen LogP contribution is 2.32. The third-order valence-corrected chi connectivity index (χ3v) is 7.36. The van der Waals surface area contributed by atoms with E-state index in [1.165, 1.54) is 0 Å². The van der Waals surface area contributed by atoms with Crippen molar-refractivity contribution in [2.24, 2.45) is 5.92 Å². The van der Waals surface area contributed by atoms with Crippen molar-refractivity contribution in [3.63, 3.8) is 0 Å². The number of sulfone groups is 1. The summed E-state index contributed by atoms with van der Waals surface area (Å²) in [4.78, 5) is 14.1. The number of hydrogen-bond acceptors (Lipinski definition) is 6. The van der Waals surface area contributed by atoms with E-state index < -0.39 is 9.84 Å². The molecule has 0 amide bonds. The van der Waals surface area contributed by atoms with Crippen LogP contribution in [0.1, 0.15) is 37.1 Å². The molecule has 0 spiro atoms. The van der Waals surface area contributed by atoms with Crippen LogP contribution in [-0.4, -0.2) is 52.4 Å². The fourth-order valence-corrected chi connectivity index (χ4v) is 5.97. The van der Waals surface area contributed by atoms with E-state index in [1.54, 1.807) is 12.4 Å². The van der Waals surface area contributed by atoms with Crippen LogP contribution in [0.25, 0.3) is 11.0 Å². The van der Waals surface area contributed by atoms with Gasteiger partial charge in [-0.05, 0) is 50.7 Å². The second kappa shape index (κ2) is 7.54. The molecule has 1 fully saturated rings. The Morgan fingerprint density at radius 3 is 2.71 bits per heavy atom. The average molecular weight is 403 g/mol. The second-order valence-electron chi connectivity index (χ2n) is 7.82. The number of rotatable bonds is 6. The van der Waals surface area contributed by atoms with Crippen molar-refractivity contribution in [2.75, 3.05) is 17.7 Å². The highest BCUT2D eigenvalue weighted by atomic mass is 32.2. The molecule has 1 aliphatic carbocycles. The first-order chi connectivity index (χ1) is 13.4. The molecule has 4 rings (SSSR count). The molecule has 0 unspecified atom stereocenters. The highest BCUT2D eigenvalue weighted by molar-refractivity contribution is 7.90.